The topological polar surface area (TPSA) is 57.4 Å². The number of nitriles is 2. The van der Waals surface area contributed by atoms with Gasteiger partial charge in [-0.05, 0) is 159 Å². The molecular formula is C69H44N4. The molecule has 0 amide bonds. The quantitative estimate of drug-likeness (QED) is 0.152. The maximum atomic E-state index is 10.8. The van der Waals surface area contributed by atoms with Gasteiger partial charge in [0.05, 0.1) is 56.7 Å². The summed E-state index contributed by atoms with van der Waals surface area (Å²) >= 11 is 0. The van der Waals surface area contributed by atoms with Gasteiger partial charge in [0, 0.05) is 32.7 Å². The molecule has 13 aromatic rings. The number of aryl methyl sites for hydroxylation is 1. The summed E-state index contributed by atoms with van der Waals surface area (Å²) in [5, 5.41) is 25.2. The molecule has 0 spiro atoms. The molecule has 0 aliphatic heterocycles. The van der Waals surface area contributed by atoms with Crippen LogP contribution in [0.15, 0.2) is 249 Å². The summed E-state index contributed by atoms with van der Waals surface area (Å²) in [5.41, 5.74) is 21.5. The molecule has 2 aromatic heterocycles. The molecule has 0 aliphatic rings. The Morgan fingerprint density at radius 1 is 0.274 bits per heavy atom. The number of hydrogen-bond donors (Lipinski definition) is 0. The molecule has 340 valence electrons. The Bertz CT molecular complexity index is 4180. The third-order valence-electron chi connectivity index (χ3n) is 14.5. The van der Waals surface area contributed by atoms with Crippen molar-refractivity contribution >= 4 is 43.6 Å². The first kappa shape index (κ1) is 43.1. The van der Waals surface area contributed by atoms with E-state index in [9.17, 15) is 10.5 Å². The summed E-state index contributed by atoms with van der Waals surface area (Å²) in [6.07, 6.45) is 0. The van der Waals surface area contributed by atoms with E-state index in [1.807, 2.05) is 18.2 Å². The molecule has 0 atom stereocenters. The fourth-order valence-electron chi connectivity index (χ4n) is 11.0. The fraction of sp³-hybridized carbons (Fsp3) is 0.0145. The van der Waals surface area contributed by atoms with Crippen molar-refractivity contribution in [2.75, 3.05) is 0 Å². The number of aromatic nitrogens is 2. The fourth-order valence-corrected chi connectivity index (χ4v) is 11.0. The lowest BCUT2D eigenvalue weighted by atomic mass is 9.92. The molecule has 73 heavy (non-hydrogen) atoms. The van der Waals surface area contributed by atoms with Gasteiger partial charge in [0.15, 0.2) is 0 Å². The summed E-state index contributed by atoms with van der Waals surface area (Å²) in [4.78, 5) is 0. The van der Waals surface area contributed by atoms with Crippen molar-refractivity contribution < 1.29 is 0 Å². The molecule has 2 heterocycles. The van der Waals surface area contributed by atoms with Crippen molar-refractivity contribution in [3.05, 3.63) is 265 Å². The lowest BCUT2D eigenvalue weighted by Crippen LogP contribution is -2.03. The monoisotopic (exact) mass is 928 g/mol. The highest BCUT2D eigenvalue weighted by molar-refractivity contribution is 6.14. The van der Waals surface area contributed by atoms with Crippen LogP contribution in [0.3, 0.4) is 0 Å². The Kier molecular flexibility index (Phi) is 10.5. The SMILES string of the molecule is Cc1cc(C#N)ccc1-c1ccc(-n2c3ccc(-c4ccccc4)cc3c3cc(-c4ccccc4)ccc32)c(-c2cc(C#N)ccc2-n2c3ccc(-c4ccccc4)cc3c3cc(-c4ccccc4)ccc32)c1. The Morgan fingerprint density at radius 3 is 0.973 bits per heavy atom. The van der Waals surface area contributed by atoms with Gasteiger partial charge in [0.25, 0.3) is 0 Å². The lowest BCUT2D eigenvalue weighted by Gasteiger charge is -2.20. The summed E-state index contributed by atoms with van der Waals surface area (Å²) in [6, 6.07) is 93.1. The Labute approximate surface area is 423 Å². The summed E-state index contributed by atoms with van der Waals surface area (Å²) in [5.74, 6) is 0. The van der Waals surface area contributed by atoms with E-state index in [1.54, 1.807) is 0 Å². The van der Waals surface area contributed by atoms with Crippen LogP contribution >= 0.6 is 0 Å². The molecule has 0 fully saturated rings. The second-order valence-corrected chi connectivity index (χ2v) is 18.8. The van der Waals surface area contributed by atoms with Gasteiger partial charge in [-0.3, -0.25) is 0 Å². The van der Waals surface area contributed by atoms with Crippen molar-refractivity contribution in [2.45, 2.75) is 6.92 Å². The molecule has 0 bridgehead atoms. The second kappa shape index (κ2) is 17.8. The highest BCUT2D eigenvalue weighted by Gasteiger charge is 2.23. The molecule has 0 radical (unpaired) electrons. The van der Waals surface area contributed by atoms with Crippen molar-refractivity contribution in [1.29, 1.82) is 10.5 Å². The van der Waals surface area contributed by atoms with Crippen LogP contribution in [0.4, 0.5) is 0 Å². The molecule has 0 unspecified atom stereocenters. The van der Waals surface area contributed by atoms with Crippen LogP contribution in [-0.4, -0.2) is 9.13 Å². The number of benzene rings is 11. The van der Waals surface area contributed by atoms with Gasteiger partial charge in [-0.15, -0.1) is 0 Å². The largest absolute Gasteiger partial charge is 0.309 e. The summed E-state index contributed by atoms with van der Waals surface area (Å²) < 4.78 is 4.80. The minimum Gasteiger partial charge on any atom is -0.309 e. The van der Waals surface area contributed by atoms with E-state index in [4.69, 9.17) is 0 Å². The Balaban J connectivity index is 1.12. The van der Waals surface area contributed by atoms with E-state index in [2.05, 4.69) is 259 Å². The van der Waals surface area contributed by atoms with Gasteiger partial charge in [-0.1, -0.05) is 158 Å². The molecule has 0 aliphatic carbocycles. The van der Waals surface area contributed by atoms with Gasteiger partial charge < -0.3 is 9.13 Å². The first-order valence-corrected chi connectivity index (χ1v) is 24.6. The third-order valence-corrected chi connectivity index (χ3v) is 14.5. The van der Waals surface area contributed by atoms with Crippen LogP contribution in [0.2, 0.25) is 0 Å². The van der Waals surface area contributed by atoms with Crippen molar-refractivity contribution in [3.63, 3.8) is 0 Å². The third kappa shape index (κ3) is 7.46. The van der Waals surface area contributed by atoms with E-state index < -0.39 is 0 Å². The number of fused-ring (bicyclic) bond motifs is 6. The van der Waals surface area contributed by atoms with Crippen LogP contribution in [0.25, 0.3) is 122 Å². The van der Waals surface area contributed by atoms with Crippen LogP contribution in [0.5, 0.6) is 0 Å². The standard InChI is InChI=1S/C69H44N4/c1-45-36-46(43-70)22-29-57(45)56-28-35-69(73-67-33-26-54(50-18-10-4-11-19-50)40-61(67)62-41-55(27-34-68(62)73)51-20-12-5-13-21-51)63(42-56)58-37-47(44-71)23-30-64(58)72-65-31-24-52(48-14-6-2-7-15-48)38-59(65)60-39-53(25-32-66(60)72)49-16-8-3-9-17-49/h2-42H,1H3. The predicted molar refractivity (Wildman–Crippen MR) is 302 cm³/mol. The van der Waals surface area contributed by atoms with Crippen LogP contribution in [-0.2, 0) is 0 Å². The molecule has 4 heteroatoms. The molecule has 0 N–H and O–H groups in total. The molecule has 0 saturated carbocycles. The predicted octanol–water partition coefficient (Wildman–Crippen LogP) is 17.9. The smallest absolute Gasteiger partial charge is 0.0991 e. The van der Waals surface area contributed by atoms with Crippen LogP contribution in [0, 0.1) is 29.6 Å². The molecule has 13 rings (SSSR count). The average molecular weight is 929 g/mol. The van der Waals surface area contributed by atoms with E-state index >= 15 is 0 Å². The van der Waals surface area contributed by atoms with Crippen LogP contribution in [0.1, 0.15) is 16.7 Å². The highest BCUT2D eigenvalue weighted by Crippen LogP contribution is 2.45. The lowest BCUT2D eigenvalue weighted by molar-refractivity contribution is 1.16. The van der Waals surface area contributed by atoms with Crippen molar-refractivity contribution in [2.24, 2.45) is 0 Å². The van der Waals surface area contributed by atoms with Gasteiger partial charge >= 0.3 is 0 Å². The average Bonchev–Trinajstić information content (AvgIpc) is 3.96. The maximum Gasteiger partial charge on any atom is 0.0991 e. The van der Waals surface area contributed by atoms with Gasteiger partial charge in [0.1, 0.15) is 0 Å². The molecular weight excluding hydrogens is 885 g/mol. The highest BCUT2D eigenvalue weighted by atomic mass is 15.0. The van der Waals surface area contributed by atoms with E-state index in [0.717, 1.165) is 127 Å². The van der Waals surface area contributed by atoms with Crippen molar-refractivity contribution in [1.82, 2.24) is 9.13 Å². The first-order chi connectivity index (χ1) is 36.0. The second-order valence-electron chi connectivity index (χ2n) is 18.8. The zero-order valence-corrected chi connectivity index (χ0v) is 40.0. The van der Waals surface area contributed by atoms with Crippen molar-refractivity contribution in [3.8, 4) is 90.3 Å². The van der Waals surface area contributed by atoms with Gasteiger partial charge in [-0.25, -0.2) is 0 Å². The minimum absolute atomic E-state index is 0.561. The van der Waals surface area contributed by atoms with Gasteiger partial charge in [0.2, 0.25) is 0 Å². The number of hydrogen-bond acceptors (Lipinski definition) is 2. The molecule has 4 nitrogen and oxygen atoms in total. The zero-order valence-electron chi connectivity index (χ0n) is 40.0. The van der Waals surface area contributed by atoms with E-state index in [0.29, 0.717) is 11.1 Å². The Hall–Kier alpha value is -10.0. The molecule has 0 saturated heterocycles. The number of rotatable bonds is 8. The van der Waals surface area contributed by atoms with Gasteiger partial charge in [-0.2, -0.15) is 10.5 Å². The van der Waals surface area contributed by atoms with E-state index in [-0.39, 0.29) is 0 Å². The normalized spacial score (nSPS) is 11.3. The maximum absolute atomic E-state index is 10.8. The first-order valence-electron chi connectivity index (χ1n) is 24.6. The summed E-state index contributed by atoms with van der Waals surface area (Å²) in [6.45, 7) is 2.07. The minimum atomic E-state index is 0.561. The Morgan fingerprint density at radius 2 is 0.603 bits per heavy atom. The zero-order chi connectivity index (χ0) is 49.0. The molecule has 11 aromatic carbocycles. The van der Waals surface area contributed by atoms with E-state index in [1.165, 1.54) is 0 Å². The summed E-state index contributed by atoms with van der Waals surface area (Å²) in [7, 11) is 0. The van der Waals surface area contributed by atoms with Crippen LogP contribution < -0.4 is 0 Å². The number of nitrogens with zero attached hydrogens (tertiary/aromatic N) is 4.